The first-order valence-electron chi connectivity index (χ1n) is 9.07. The van der Waals surface area contributed by atoms with Crippen LogP contribution in [-0.4, -0.2) is 20.7 Å². The summed E-state index contributed by atoms with van der Waals surface area (Å²) in [6.45, 7) is 10.2. The average molecular weight is 368 g/mol. The molecule has 0 radical (unpaired) electrons. The highest BCUT2D eigenvalue weighted by Crippen LogP contribution is 2.24. The summed E-state index contributed by atoms with van der Waals surface area (Å²) >= 11 is 0. The van der Waals surface area contributed by atoms with E-state index in [1.807, 2.05) is 26.8 Å². The van der Waals surface area contributed by atoms with Crippen LogP contribution in [0.15, 0.2) is 36.7 Å². The van der Waals surface area contributed by atoms with Gasteiger partial charge in [0.05, 0.1) is 0 Å². The second kappa shape index (κ2) is 7.10. The summed E-state index contributed by atoms with van der Waals surface area (Å²) in [6.07, 6.45) is 3.94. The van der Waals surface area contributed by atoms with E-state index >= 15 is 0 Å². The Kier molecular flexibility index (Phi) is 5.00. The zero-order valence-electron chi connectivity index (χ0n) is 16.4. The number of hydrogen-bond acceptors (Lipinski definition) is 3. The summed E-state index contributed by atoms with van der Waals surface area (Å²) in [5.41, 5.74) is 2.35. The lowest BCUT2D eigenvalue weighted by Gasteiger charge is -2.17. The number of amides is 1. The van der Waals surface area contributed by atoms with E-state index in [0.717, 1.165) is 10.9 Å². The highest BCUT2D eigenvalue weighted by Gasteiger charge is 2.17. The Morgan fingerprint density at radius 3 is 2.67 bits per heavy atom. The van der Waals surface area contributed by atoms with Gasteiger partial charge < -0.3 is 5.32 Å². The zero-order chi connectivity index (χ0) is 19.8. The number of anilines is 1. The van der Waals surface area contributed by atoms with Gasteiger partial charge >= 0.3 is 0 Å². The van der Waals surface area contributed by atoms with Gasteiger partial charge in [0.1, 0.15) is 11.5 Å². The Balaban J connectivity index is 1.92. The molecule has 0 saturated heterocycles. The van der Waals surface area contributed by atoms with Crippen molar-refractivity contribution in [2.24, 2.45) is 5.41 Å². The number of nitrogens with zero attached hydrogens (tertiary/aromatic N) is 3. The molecule has 0 aliphatic carbocycles. The van der Waals surface area contributed by atoms with E-state index in [4.69, 9.17) is 0 Å². The van der Waals surface area contributed by atoms with E-state index in [1.165, 1.54) is 10.7 Å². The smallest absolute Gasteiger partial charge is 0.224 e. The minimum Gasteiger partial charge on any atom is -0.326 e. The van der Waals surface area contributed by atoms with Crippen LogP contribution in [0.1, 0.15) is 52.5 Å². The molecule has 2 heterocycles. The van der Waals surface area contributed by atoms with Gasteiger partial charge in [-0.3, -0.25) is 4.79 Å². The van der Waals surface area contributed by atoms with Crippen molar-refractivity contribution in [2.45, 2.75) is 47.0 Å². The topological polar surface area (TPSA) is 59.8 Å². The van der Waals surface area contributed by atoms with Crippen molar-refractivity contribution in [2.75, 3.05) is 5.32 Å². The molecular weight excluding hydrogens is 343 g/mol. The average Bonchev–Trinajstić information content (AvgIpc) is 2.97. The van der Waals surface area contributed by atoms with Gasteiger partial charge in [0.25, 0.3) is 0 Å². The minimum absolute atomic E-state index is 0.103. The van der Waals surface area contributed by atoms with Crippen molar-refractivity contribution in [3.8, 4) is 5.69 Å². The summed E-state index contributed by atoms with van der Waals surface area (Å²) in [7, 11) is 0. The summed E-state index contributed by atoms with van der Waals surface area (Å²) in [4.78, 5) is 16.5. The van der Waals surface area contributed by atoms with E-state index in [2.05, 4.69) is 29.2 Å². The molecule has 0 aliphatic heterocycles. The monoisotopic (exact) mass is 368 g/mol. The number of aromatic nitrogens is 3. The molecule has 27 heavy (non-hydrogen) atoms. The molecule has 2 aromatic heterocycles. The van der Waals surface area contributed by atoms with Crippen LogP contribution in [0, 0.1) is 11.2 Å². The molecule has 1 N–H and O–H groups in total. The number of fused-ring (bicyclic) bond motifs is 1. The summed E-state index contributed by atoms with van der Waals surface area (Å²) in [6, 6.07) is 6.49. The van der Waals surface area contributed by atoms with Gasteiger partial charge in [-0.1, -0.05) is 34.6 Å². The standard InChI is InChI=1S/C21H25FN4O/c1-13(2)14-8-15-12-26(25-20(15)23-11-14)18-9-16(6-7-17(18)22)24-19(27)10-21(3,4)5/h6-9,11-13H,10H2,1-5H3,(H,24,27). The molecule has 142 valence electrons. The Hall–Kier alpha value is -2.76. The molecule has 1 aromatic carbocycles. The molecule has 3 rings (SSSR count). The number of halogens is 1. The van der Waals surface area contributed by atoms with Gasteiger partial charge in [-0.2, -0.15) is 0 Å². The second-order valence-corrected chi connectivity index (χ2v) is 8.36. The number of nitrogens with one attached hydrogen (secondary N) is 1. The van der Waals surface area contributed by atoms with E-state index in [9.17, 15) is 9.18 Å². The summed E-state index contributed by atoms with van der Waals surface area (Å²) in [5.74, 6) is -0.169. The van der Waals surface area contributed by atoms with E-state index in [-0.39, 0.29) is 17.0 Å². The maximum Gasteiger partial charge on any atom is 0.224 e. The number of pyridine rings is 1. The van der Waals surface area contributed by atoms with Crippen molar-refractivity contribution in [1.29, 1.82) is 0 Å². The highest BCUT2D eigenvalue weighted by atomic mass is 19.1. The van der Waals surface area contributed by atoms with Gasteiger partial charge in [-0.15, -0.1) is 5.10 Å². The van der Waals surface area contributed by atoms with Gasteiger partial charge in [0.15, 0.2) is 5.65 Å². The lowest BCUT2D eigenvalue weighted by molar-refractivity contribution is -0.117. The van der Waals surface area contributed by atoms with Gasteiger partial charge in [0, 0.05) is 29.9 Å². The number of hydrogen-bond donors (Lipinski definition) is 1. The van der Waals surface area contributed by atoms with Crippen molar-refractivity contribution in [3.05, 3.63) is 48.0 Å². The molecular formula is C21H25FN4O. The van der Waals surface area contributed by atoms with Crippen molar-refractivity contribution in [3.63, 3.8) is 0 Å². The predicted molar refractivity (Wildman–Crippen MR) is 106 cm³/mol. The fourth-order valence-corrected chi connectivity index (χ4v) is 2.82. The van der Waals surface area contributed by atoms with Crippen molar-refractivity contribution in [1.82, 2.24) is 14.8 Å². The lowest BCUT2D eigenvalue weighted by Crippen LogP contribution is -2.19. The first-order chi connectivity index (χ1) is 12.6. The van der Waals surface area contributed by atoms with Gasteiger partial charge in [0.2, 0.25) is 5.91 Å². The largest absolute Gasteiger partial charge is 0.326 e. The van der Waals surface area contributed by atoms with Crippen LogP contribution in [0.25, 0.3) is 16.7 Å². The number of rotatable bonds is 4. The number of carbonyl (C=O) groups excluding carboxylic acids is 1. The van der Waals surface area contributed by atoms with E-state index in [0.29, 0.717) is 23.7 Å². The van der Waals surface area contributed by atoms with Crippen molar-refractivity contribution < 1.29 is 9.18 Å². The molecule has 0 fully saturated rings. The Morgan fingerprint density at radius 1 is 1.26 bits per heavy atom. The molecule has 0 saturated carbocycles. The van der Waals surface area contributed by atoms with Crippen LogP contribution in [-0.2, 0) is 4.79 Å². The first-order valence-corrected chi connectivity index (χ1v) is 9.07. The predicted octanol–water partition coefficient (Wildman–Crippen LogP) is 5.06. The number of carbonyl (C=O) groups is 1. The van der Waals surface area contributed by atoms with E-state index in [1.54, 1.807) is 24.5 Å². The molecule has 5 nitrogen and oxygen atoms in total. The van der Waals surface area contributed by atoms with E-state index < -0.39 is 5.82 Å². The molecule has 6 heteroatoms. The van der Waals surface area contributed by atoms with Crippen LogP contribution >= 0.6 is 0 Å². The Morgan fingerprint density at radius 2 is 2.00 bits per heavy atom. The van der Waals surface area contributed by atoms with Crippen LogP contribution in [0.2, 0.25) is 0 Å². The summed E-state index contributed by atoms with van der Waals surface area (Å²) < 4.78 is 15.9. The minimum atomic E-state index is -0.416. The normalized spacial score (nSPS) is 12.0. The molecule has 0 aliphatic rings. The first kappa shape index (κ1) is 19.0. The van der Waals surface area contributed by atoms with Gasteiger partial charge in [-0.05, 0) is 41.2 Å². The summed E-state index contributed by atoms with van der Waals surface area (Å²) in [5, 5.41) is 8.06. The second-order valence-electron chi connectivity index (χ2n) is 8.36. The van der Waals surface area contributed by atoms with Crippen molar-refractivity contribution >= 4 is 22.6 Å². The van der Waals surface area contributed by atoms with Crippen LogP contribution in [0.3, 0.4) is 0 Å². The van der Waals surface area contributed by atoms with Crippen LogP contribution in [0.4, 0.5) is 10.1 Å². The molecule has 1 amide bonds. The van der Waals surface area contributed by atoms with Crippen LogP contribution < -0.4 is 5.32 Å². The highest BCUT2D eigenvalue weighted by molar-refractivity contribution is 5.91. The molecule has 3 aromatic rings. The third-order valence-electron chi connectivity index (χ3n) is 4.21. The molecule has 0 bridgehead atoms. The fraction of sp³-hybridized carbons (Fsp3) is 0.381. The quantitative estimate of drug-likeness (QED) is 0.700. The third-order valence-corrected chi connectivity index (χ3v) is 4.21. The zero-order valence-corrected chi connectivity index (χ0v) is 16.4. The number of benzene rings is 1. The fourth-order valence-electron chi connectivity index (χ4n) is 2.82. The molecule has 0 atom stereocenters. The Bertz CT molecular complexity index is 986. The Labute approximate surface area is 158 Å². The maximum atomic E-state index is 14.4. The third kappa shape index (κ3) is 4.51. The SMILES string of the molecule is CC(C)c1cnc2nn(-c3cc(NC(=O)CC(C)(C)C)ccc3F)cc2c1. The molecule has 0 unspecified atom stereocenters. The lowest BCUT2D eigenvalue weighted by atomic mass is 9.92. The van der Waals surface area contributed by atoms with Gasteiger partial charge in [-0.25, -0.2) is 14.1 Å². The van der Waals surface area contributed by atoms with Crippen LogP contribution in [0.5, 0.6) is 0 Å². The molecule has 0 spiro atoms. The maximum absolute atomic E-state index is 14.4.